The second kappa shape index (κ2) is 2.70. The van der Waals surface area contributed by atoms with Crippen LogP contribution in [0.4, 0.5) is 0 Å². The lowest BCUT2D eigenvalue weighted by Gasteiger charge is -2.30. The van der Waals surface area contributed by atoms with Crippen molar-refractivity contribution in [2.75, 3.05) is 0 Å². The maximum atomic E-state index is 3.45. The quantitative estimate of drug-likeness (QED) is 0.520. The molecular formula is C8H16N. The molecule has 1 rings (SSSR count). The lowest BCUT2D eigenvalue weighted by atomic mass is 9.91. The number of rotatable bonds is 0. The van der Waals surface area contributed by atoms with Gasteiger partial charge in [-0.05, 0) is 32.6 Å². The van der Waals surface area contributed by atoms with Crippen LogP contribution in [0.3, 0.4) is 0 Å². The van der Waals surface area contributed by atoms with Crippen LogP contribution in [0.1, 0.15) is 27.2 Å². The van der Waals surface area contributed by atoms with Gasteiger partial charge in [0.25, 0.3) is 0 Å². The summed E-state index contributed by atoms with van der Waals surface area (Å²) in [5, 5.41) is 3.45. The zero-order valence-corrected chi connectivity index (χ0v) is 6.52. The summed E-state index contributed by atoms with van der Waals surface area (Å²) in [7, 11) is 0. The van der Waals surface area contributed by atoms with E-state index < -0.39 is 0 Å². The van der Waals surface area contributed by atoms with Gasteiger partial charge in [0, 0.05) is 12.1 Å². The third-order valence-corrected chi connectivity index (χ3v) is 1.89. The summed E-state index contributed by atoms with van der Waals surface area (Å²) >= 11 is 0. The topological polar surface area (TPSA) is 12.0 Å². The number of piperidine rings is 1. The van der Waals surface area contributed by atoms with Crippen molar-refractivity contribution in [2.24, 2.45) is 5.92 Å². The van der Waals surface area contributed by atoms with E-state index in [1.54, 1.807) is 0 Å². The van der Waals surface area contributed by atoms with Crippen LogP contribution >= 0.6 is 0 Å². The molecule has 1 aliphatic rings. The van der Waals surface area contributed by atoms with Gasteiger partial charge < -0.3 is 5.32 Å². The fourth-order valence-corrected chi connectivity index (χ4v) is 1.70. The Kier molecular flexibility index (Phi) is 2.12. The Morgan fingerprint density at radius 1 is 1.33 bits per heavy atom. The van der Waals surface area contributed by atoms with Gasteiger partial charge in [-0.2, -0.15) is 0 Å². The van der Waals surface area contributed by atoms with Crippen LogP contribution in [0, 0.1) is 12.3 Å². The van der Waals surface area contributed by atoms with Crippen molar-refractivity contribution in [1.82, 2.24) is 5.32 Å². The molecule has 0 bridgehead atoms. The molecule has 0 saturated carbocycles. The maximum absolute atomic E-state index is 3.45. The predicted octanol–water partition coefficient (Wildman–Crippen LogP) is 1.60. The highest BCUT2D eigenvalue weighted by molar-refractivity contribution is 4.91. The second-order valence-corrected chi connectivity index (χ2v) is 3.26. The molecule has 0 aromatic carbocycles. The summed E-state index contributed by atoms with van der Waals surface area (Å²) < 4.78 is 0. The molecule has 1 nitrogen and oxygen atoms in total. The van der Waals surface area contributed by atoms with E-state index in [2.05, 4.69) is 32.5 Å². The summed E-state index contributed by atoms with van der Waals surface area (Å²) in [4.78, 5) is 0. The first-order chi connectivity index (χ1) is 4.18. The van der Waals surface area contributed by atoms with E-state index in [0.29, 0.717) is 12.1 Å². The monoisotopic (exact) mass is 126 g/mol. The Morgan fingerprint density at radius 3 is 2.44 bits per heavy atom. The Labute approximate surface area is 57.8 Å². The third kappa shape index (κ3) is 1.98. The average molecular weight is 126 g/mol. The summed E-state index contributed by atoms with van der Waals surface area (Å²) in [6, 6.07) is 1.32. The fraction of sp³-hybridized carbons (Fsp3) is 0.875. The van der Waals surface area contributed by atoms with Gasteiger partial charge in [0.15, 0.2) is 0 Å². The molecule has 1 heteroatoms. The summed E-state index contributed by atoms with van der Waals surface area (Å²) in [6.07, 6.45) is 3.67. The van der Waals surface area contributed by atoms with Crippen LogP contribution in [-0.4, -0.2) is 12.1 Å². The van der Waals surface area contributed by atoms with Crippen LogP contribution in [-0.2, 0) is 0 Å². The first kappa shape index (κ1) is 7.07. The normalized spacial score (nSPS) is 45.0. The molecule has 0 spiro atoms. The standard InChI is InChI=1S/C8H16N/c1-6-4-7(2)9-8(3)5-6/h4,6-9H,5H2,1-3H3. The molecular weight excluding hydrogens is 110 g/mol. The van der Waals surface area contributed by atoms with Crippen LogP contribution in [0.25, 0.3) is 0 Å². The molecule has 1 saturated heterocycles. The highest BCUT2D eigenvalue weighted by atomic mass is 14.9. The average Bonchev–Trinajstić information content (AvgIpc) is 1.59. The molecule has 9 heavy (non-hydrogen) atoms. The van der Waals surface area contributed by atoms with Gasteiger partial charge in [-0.15, -0.1) is 0 Å². The zero-order valence-electron chi connectivity index (χ0n) is 6.52. The number of hydrogen-bond acceptors (Lipinski definition) is 1. The van der Waals surface area contributed by atoms with E-state index in [0.717, 1.165) is 5.92 Å². The molecule has 1 heterocycles. The second-order valence-electron chi connectivity index (χ2n) is 3.26. The molecule has 0 aromatic rings. The van der Waals surface area contributed by atoms with Crippen molar-refractivity contribution < 1.29 is 0 Å². The van der Waals surface area contributed by atoms with Gasteiger partial charge in [-0.3, -0.25) is 0 Å². The van der Waals surface area contributed by atoms with Crippen molar-refractivity contribution in [1.29, 1.82) is 0 Å². The highest BCUT2D eigenvalue weighted by Crippen LogP contribution is 2.17. The first-order valence-electron chi connectivity index (χ1n) is 3.79. The van der Waals surface area contributed by atoms with Crippen molar-refractivity contribution in [2.45, 2.75) is 39.3 Å². The Morgan fingerprint density at radius 2 is 2.00 bits per heavy atom. The molecule has 3 unspecified atom stereocenters. The lowest BCUT2D eigenvalue weighted by molar-refractivity contribution is 0.351. The molecule has 1 radical (unpaired) electrons. The van der Waals surface area contributed by atoms with E-state index in [4.69, 9.17) is 0 Å². The molecule has 1 aliphatic heterocycles. The number of nitrogens with one attached hydrogen (secondary N) is 1. The van der Waals surface area contributed by atoms with Crippen LogP contribution < -0.4 is 5.32 Å². The number of hydrogen-bond donors (Lipinski definition) is 1. The Hall–Kier alpha value is -0.0400. The van der Waals surface area contributed by atoms with Gasteiger partial charge in [-0.25, -0.2) is 0 Å². The van der Waals surface area contributed by atoms with Crippen LogP contribution in [0.15, 0.2) is 0 Å². The highest BCUT2D eigenvalue weighted by Gasteiger charge is 2.19. The third-order valence-electron chi connectivity index (χ3n) is 1.89. The minimum absolute atomic E-state index is 0.615. The zero-order chi connectivity index (χ0) is 6.85. The molecule has 1 N–H and O–H groups in total. The molecule has 0 amide bonds. The molecule has 53 valence electrons. The summed E-state index contributed by atoms with van der Waals surface area (Å²) in [5.41, 5.74) is 0. The van der Waals surface area contributed by atoms with Gasteiger partial charge in [-0.1, -0.05) is 6.92 Å². The largest absolute Gasteiger partial charge is 0.311 e. The van der Waals surface area contributed by atoms with Crippen molar-refractivity contribution >= 4 is 0 Å². The Balaban J connectivity index is 2.34. The van der Waals surface area contributed by atoms with Gasteiger partial charge in [0.05, 0.1) is 0 Å². The molecule has 0 aliphatic carbocycles. The van der Waals surface area contributed by atoms with Crippen LogP contribution in [0.2, 0.25) is 0 Å². The lowest BCUT2D eigenvalue weighted by Crippen LogP contribution is -2.42. The fourth-order valence-electron chi connectivity index (χ4n) is 1.70. The van der Waals surface area contributed by atoms with Crippen molar-refractivity contribution in [3.63, 3.8) is 0 Å². The van der Waals surface area contributed by atoms with E-state index in [1.165, 1.54) is 6.42 Å². The molecule has 0 aromatic heterocycles. The molecule has 3 atom stereocenters. The van der Waals surface area contributed by atoms with Gasteiger partial charge >= 0.3 is 0 Å². The minimum atomic E-state index is 0.615. The van der Waals surface area contributed by atoms with E-state index in [-0.39, 0.29) is 0 Å². The van der Waals surface area contributed by atoms with E-state index >= 15 is 0 Å². The summed E-state index contributed by atoms with van der Waals surface area (Å²) in [6.45, 7) is 6.75. The van der Waals surface area contributed by atoms with Crippen molar-refractivity contribution in [3.05, 3.63) is 6.42 Å². The first-order valence-corrected chi connectivity index (χ1v) is 3.79. The Bertz CT molecular complexity index is 65.5. The maximum Gasteiger partial charge on any atom is 0.00753 e. The summed E-state index contributed by atoms with van der Waals surface area (Å²) in [5.74, 6) is 0.802. The minimum Gasteiger partial charge on any atom is -0.311 e. The molecule has 1 fully saturated rings. The van der Waals surface area contributed by atoms with Gasteiger partial charge in [0.2, 0.25) is 0 Å². The predicted molar refractivity (Wildman–Crippen MR) is 40.1 cm³/mol. The van der Waals surface area contributed by atoms with Crippen molar-refractivity contribution in [3.8, 4) is 0 Å². The van der Waals surface area contributed by atoms with E-state index in [1.807, 2.05) is 0 Å². The smallest absolute Gasteiger partial charge is 0.00753 e. The van der Waals surface area contributed by atoms with Crippen LogP contribution in [0.5, 0.6) is 0 Å². The van der Waals surface area contributed by atoms with Gasteiger partial charge in [0.1, 0.15) is 0 Å². The SMILES string of the molecule is CC1[CH]C(C)NC(C)C1. The van der Waals surface area contributed by atoms with E-state index in [9.17, 15) is 0 Å².